The Kier molecular flexibility index (Phi) is 6.63. The lowest BCUT2D eigenvalue weighted by Crippen LogP contribution is -2.23. The molecule has 2 atom stereocenters. The molecule has 0 fully saturated rings. The first-order valence-electron chi connectivity index (χ1n) is 5.46. The van der Waals surface area contributed by atoms with Crippen LogP contribution in [0.15, 0.2) is 0 Å². The number of hydrogen-bond donors (Lipinski definition) is 0. The predicted octanol–water partition coefficient (Wildman–Crippen LogP) is 5.53. The Bertz CT molecular complexity index is 196. The van der Waals surface area contributed by atoms with Gasteiger partial charge in [-0.25, -0.2) is 0 Å². The van der Waals surface area contributed by atoms with Crippen LogP contribution in [0.3, 0.4) is 0 Å². The van der Waals surface area contributed by atoms with Gasteiger partial charge < -0.3 is 0 Å². The Balaban J connectivity index is 4.33. The summed E-state index contributed by atoms with van der Waals surface area (Å²) in [6.45, 7) is 9.90. The molecule has 0 nitrogen and oxygen atoms in total. The molecule has 98 valence electrons. The van der Waals surface area contributed by atoms with Crippen LogP contribution < -0.4 is 0 Å². The molecule has 0 spiro atoms. The van der Waals surface area contributed by atoms with Crippen molar-refractivity contribution in [1.29, 1.82) is 0 Å². The topological polar surface area (TPSA) is 0 Å². The van der Waals surface area contributed by atoms with E-state index in [2.05, 4.69) is 0 Å². The summed E-state index contributed by atoms with van der Waals surface area (Å²) in [5.41, 5.74) is 0. The van der Waals surface area contributed by atoms with Crippen LogP contribution in [0, 0.1) is 5.92 Å². The molecular weight excluding hydrogens is 253 g/mol. The molecule has 0 aliphatic carbocycles. The van der Waals surface area contributed by atoms with Crippen molar-refractivity contribution in [1.82, 2.24) is 0 Å². The largest absolute Gasteiger partial charge is 0.390 e. The average Bonchev–Trinajstić information content (AvgIpc) is 2.07. The van der Waals surface area contributed by atoms with Crippen molar-refractivity contribution in [3.05, 3.63) is 0 Å². The van der Waals surface area contributed by atoms with Crippen LogP contribution in [0.4, 0.5) is 13.2 Å². The van der Waals surface area contributed by atoms with Crippen LogP contribution in [-0.2, 0) is 0 Å². The lowest BCUT2D eigenvalue weighted by Gasteiger charge is -2.26. The summed E-state index contributed by atoms with van der Waals surface area (Å²) < 4.78 is 37.2. The number of halogens is 3. The Morgan fingerprint density at radius 2 is 1.62 bits per heavy atom. The van der Waals surface area contributed by atoms with E-state index in [1.165, 1.54) is 10.8 Å². The van der Waals surface area contributed by atoms with Crippen LogP contribution in [0.2, 0.25) is 0 Å². The zero-order valence-corrected chi connectivity index (χ0v) is 12.2. The summed E-state index contributed by atoms with van der Waals surface area (Å²) in [5, 5.41) is -0.339. The highest BCUT2D eigenvalue weighted by Crippen LogP contribution is 2.44. The van der Waals surface area contributed by atoms with Gasteiger partial charge in [0.25, 0.3) is 0 Å². The van der Waals surface area contributed by atoms with E-state index < -0.39 is 12.6 Å². The molecule has 2 unspecified atom stereocenters. The molecule has 0 heterocycles. The van der Waals surface area contributed by atoms with E-state index in [-0.39, 0.29) is 15.9 Å². The number of rotatable bonds is 5. The van der Waals surface area contributed by atoms with E-state index in [0.29, 0.717) is 0 Å². The fraction of sp³-hybridized carbons (Fsp3) is 1.00. The minimum atomic E-state index is -4.06. The molecule has 0 amide bonds. The van der Waals surface area contributed by atoms with Crippen LogP contribution in [-0.4, -0.2) is 16.2 Å². The SMILES string of the molecule is CCC(C)C(CC(F)(F)F)SSC(C)(C)C. The van der Waals surface area contributed by atoms with Gasteiger partial charge in [-0.05, 0) is 5.92 Å². The summed E-state index contributed by atoms with van der Waals surface area (Å²) in [5.74, 6) is 0.0986. The molecule has 0 saturated heterocycles. The van der Waals surface area contributed by atoms with Crippen molar-refractivity contribution < 1.29 is 13.2 Å². The van der Waals surface area contributed by atoms with Gasteiger partial charge in [0.15, 0.2) is 0 Å². The second kappa shape index (κ2) is 6.43. The minimum Gasteiger partial charge on any atom is -0.171 e. The van der Waals surface area contributed by atoms with Crippen molar-refractivity contribution in [3.8, 4) is 0 Å². The smallest absolute Gasteiger partial charge is 0.171 e. The molecule has 0 N–H and O–H groups in total. The summed E-state index contributed by atoms with van der Waals surface area (Å²) in [7, 11) is 2.93. The van der Waals surface area contributed by atoms with E-state index in [9.17, 15) is 13.2 Å². The second-order valence-electron chi connectivity index (χ2n) is 5.04. The molecule has 0 saturated carbocycles. The van der Waals surface area contributed by atoms with Gasteiger partial charge in [0.05, 0.1) is 6.42 Å². The number of alkyl halides is 3. The molecule has 0 aromatic heterocycles. The zero-order valence-electron chi connectivity index (χ0n) is 10.5. The first-order valence-corrected chi connectivity index (χ1v) is 7.67. The van der Waals surface area contributed by atoms with Crippen molar-refractivity contribution >= 4 is 21.6 Å². The van der Waals surface area contributed by atoms with E-state index in [4.69, 9.17) is 0 Å². The van der Waals surface area contributed by atoms with Gasteiger partial charge in [0.1, 0.15) is 0 Å². The Morgan fingerprint density at radius 3 is 1.94 bits per heavy atom. The molecular formula is C11H21F3S2. The summed E-state index contributed by atoms with van der Waals surface area (Å²) >= 11 is 0. The maximum Gasteiger partial charge on any atom is 0.390 e. The highest BCUT2D eigenvalue weighted by Gasteiger charge is 2.35. The first kappa shape index (κ1) is 16.5. The standard InChI is InChI=1S/C11H21F3S2/c1-6-8(2)9(7-11(12,13)14)15-16-10(3,4)5/h8-9H,6-7H2,1-5H3. The van der Waals surface area contributed by atoms with Crippen LogP contribution in [0.1, 0.15) is 47.5 Å². The Morgan fingerprint density at radius 1 is 1.12 bits per heavy atom. The molecule has 16 heavy (non-hydrogen) atoms. The van der Waals surface area contributed by atoms with Crippen molar-refractivity contribution in [2.24, 2.45) is 5.92 Å². The fourth-order valence-corrected chi connectivity index (χ4v) is 4.09. The predicted molar refractivity (Wildman–Crippen MR) is 68.9 cm³/mol. The fourth-order valence-electron chi connectivity index (χ4n) is 1.03. The van der Waals surface area contributed by atoms with E-state index in [1.807, 2.05) is 34.6 Å². The molecule has 0 rings (SSSR count). The first-order chi connectivity index (χ1) is 7.05. The third-order valence-corrected chi connectivity index (χ3v) is 6.14. The van der Waals surface area contributed by atoms with Gasteiger partial charge in [-0.3, -0.25) is 0 Å². The van der Waals surface area contributed by atoms with Crippen LogP contribution >= 0.6 is 21.6 Å². The van der Waals surface area contributed by atoms with E-state index >= 15 is 0 Å². The zero-order chi connectivity index (χ0) is 13.0. The lowest BCUT2D eigenvalue weighted by atomic mass is 10.0. The van der Waals surface area contributed by atoms with E-state index in [1.54, 1.807) is 10.8 Å². The lowest BCUT2D eigenvalue weighted by molar-refractivity contribution is -0.135. The quantitative estimate of drug-likeness (QED) is 0.604. The Labute approximate surface area is 105 Å². The molecule has 0 aromatic rings. The molecule has 5 heteroatoms. The number of hydrogen-bond acceptors (Lipinski definition) is 2. The van der Waals surface area contributed by atoms with Crippen molar-refractivity contribution in [2.45, 2.75) is 63.6 Å². The third kappa shape index (κ3) is 8.62. The molecule has 0 aliphatic heterocycles. The second-order valence-corrected chi connectivity index (χ2v) is 8.30. The maximum atomic E-state index is 12.4. The average molecular weight is 274 g/mol. The van der Waals surface area contributed by atoms with Crippen molar-refractivity contribution in [2.75, 3.05) is 0 Å². The molecule has 0 aromatic carbocycles. The summed E-state index contributed by atoms with van der Waals surface area (Å²) in [6.07, 6.45) is -3.95. The van der Waals surface area contributed by atoms with Crippen LogP contribution in [0.5, 0.6) is 0 Å². The highest BCUT2D eigenvalue weighted by atomic mass is 33.1. The molecule has 0 bridgehead atoms. The van der Waals surface area contributed by atoms with Gasteiger partial charge in [-0.2, -0.15) is 13.2 Å². The van der Waals surface area contributed by atoms with Gasteiger partial charge >= 0.3 is 6.18 Å². The molecule has 0 radical (unpaired) electrons. The third-order valence-electron chi connectivity index (χ3n) is 2.13. The van der Waals surface area contributed by atoms with Gasteiger partial charge in [-0.1, -0.05) is 62.6 Å². The summed E-state index contributed by atoms with van der Waals surface area (Å²) in [6, 6.07) is 0. The van der Waals surface area contributed by atoms with Crippen LogP contribution in [0.25, 0.3) is 0 Å². The molecule has 0 aliphatic rings. The maximum absolute atomic E-state index is 12.4. The Hall–Kier alpha value is 0.490. The van der Waals surface area contributed by atoms with Gasteiger partial charge in [0.2, 0.25) is 0 Å². The van der Waals surface area contributed by atoms with Crippen molar-refractivity contribution in [3.63, 3.8) is 0 Å². The van der Waals surface area contributed by atoms with Gasteiger partial charge in [-0.15, -0.1) is 0 Å². The highest BCUT2D eigenvalue weighted by molar-refractivity contribution is 8.77. The van der Waals surface area contributed by atoms with E-state index in [0.717, 1.165) is 6.42 Å². The van der Waals surface area contributed by atoms with Gasteiger partial charge in [0, 0.05) is 10.00 Å². The minimum absolute atomic E-state index is 0.00196. The normalized spacial score (nSPS) is 17.2. The monoisotopic (exact) mass is 274 g/mol. The summed E-state index contributed by atoms with van der Waals surface area (Å²) in [4.78, 5) is 0.